The molecule has 1 heterocycles. The molecule has 3 nitrogen and oxygen atoms in total. The van der Waals surface area contributed by atoms with Crippen molar-refractivity contribution in [3.63, 3.8) is 0 Å². The Morgan fingerprint density at radius 3 is 2.44 bits per heavy atom. The van der Waals surface area contributed by atoms with Gasteiger partial charge in [0.15, 0.2) is 0 Å². The highest BCUT2D eigenvalue weighted by atomic mass is 19.1. The van der Waals surface area contributed by atoms with Gasteiger partial charge in [-0.05, 0) is 59.7 Å². The summed E-state index contributed by atoms with van der Waals surface area (Å²) in [6.07, 6.45) is 1.86. The van der Waals surface area contributed by atoms with E-state index in [1.165, 1.54) is 18.2 Å². The van der Waals surface area contributed by atoms with E-state index in [9.17, 15) is 14.3 Å². The van der Waals surface area contributed by atoms with Gasteiger partial charge in [-0.15, -0.1) is 0 Å². The number of hydrogen-bond donors (Lipinski definition) is 2. The summed E-state index contributed by atoms with van der Waals surface area (Å²) in [6, 6.07) is 18.7. The normalized spacial score (nSPS) is 10.4. The van der Waals surface area contributed by atoms with Crippen LogP contribution in [-0.2, 0) is 0 Å². The van der Waals surface area contributed by atoms with Crippen LogP contribution in [0.3, 0.4) is 0 Å². The maximum absolute atomic E-state index is 13.1. The Morgan fingerprint density at radius 1 is 0.889 bits per heavy atom. The molecule has 4 rings (SSSR count). The van der Waals surface area contributed by atoms with Crippen LogP contribution in [0.4, 0.5) is 4.39 Å². The van der Waals surface area contributed by atoms with E-state index in [1.54, 1.807) is 24.3 Å². The molecular weight excluding hydrogens is 341 g/mol. The summed E-state index contributed by atoms with van der Waals surface area (Å²) in [5, 5.41) is 10.5. The number of carboxylic acid groups (broad SMARTS) is 1. The van der Waals surface area contributed by atoms with Crippen LogP contribution in [0.2, 0.25) is 0 Å². The molecule has 4 heteroatoms. The van der Waals surface area contributed by atoms with Gasteiger partial charge in [-0.2, -0.15) is 0 Å². The Bertz CT molecular complexity index is 1210. The van der Waals surface area contributed by atoms with Gasteiger partial charge >= 0.3 is 5.97 Å². The zero-order valence-electron chi connectivity index (χ0n) is 14.2. The highest BCUT2D eigenvalue weighted by molar-refractivity contribution is 5.92. The standard InChI is InChI=1S/C23H14FNO2/c24-20-7-4-16(5-8-20)17-6-9-21(23(26)27)18(14-17)3-1-15-2-10-22-19(13-15)11-12-25-22/h2,4-14,25H,(H,26,27). The second kappa shape index (κ2) is 6.81. The maximum Gasteiger partial charge on any atom is 0.336 e. The van der Waals surface area contributed by atoms with Crippen molar-refractivity contribution < 1.29 is 14.3 Å². The highest BCUT2D eigenvalue weighted by Gasteiger charge is 2.10. The summed E-state index contributed by atoms with van der Waals surface area (Å²) in [5.41, 5.74) is 3.95. The molecule has 0 aliphatic rings. The van der Waals surface area contributed by atoms with Gasteiger partial charge in [0.05, 0.1) is 5.56 Å². The summed E-state index contributed by atoms with van der Waals surface area (Å²) in [6.45, 7) is 0. The van der Waals surface area contributed by atoms with E-state index >= 15 is 0 Å². The first-order chi connectivity index (χ1) is 13.1. The molecule has 0 unspecified atom stereocenters. The molecular formula is C23H14FNO2. The fourth-order valence-electron chi connectivity index (χ4n) is 2.93. The van der Waals surface area contributed by atoms with Gasteiger partial charge in [-0.1, -0.05) is 30.0 Å². The molecule has 0 spiro atoms. The Hall–Kier alpha value is -3.84. The summed E-state index contributed by atoms with van der Waals surface area (Å²) in [7, 11) is 0. The van der Waals surface area contributed by atoms with Gasteiger partial charge < -0.3 is 10.1 Å². The number of aromatic nitrogens is 1. The Kier molecular flexibility index (Phi) is 4.19. The van der Waals surface area contributed by atoms with Crippen LogP contribution in [0, 0.1) is 17.7 Å². The third-order valence-corrected chi connectivity index (χ3v) is 4.32. The minimum absolute atomic E-state index is 0.135. The van der Waals surface area contributed by atoms with E-state index in [2.05, 4.69) is 16.8 Å². The summed E-state index contributed by atoms with van der Waals surface area (Å²) in [5.74, 6) is 4.66. The third-order valence-electron chi connectivity index (χ3n) is 4.32. The highest BCUT2D eigenvalue weighted by Crippen LogP contribution is 2.23. The average Bonchev–Trinajstić information content (AvgIpc) is 3.14. The number of halogens is 1. The molecule has 0 radical (unpaired) electrons. The van der Waals surface area contributed by atoms with Crippen molar-refractivity contribution in [1.82, 2.24) is 4.98 Å². The quantitative estimate of drug-likeness (QED) is 0.493. The van der Waals surface area contributed by atoms with Crippen LogP contribution in [0.15, 0.2) is 72.9 Å². The van der Waals surface area contributed by atoms with E-state index in [4.69, 9.17) is 0 Å². The molecule has 0 aliphatic heterocycles. The number of rotatable bonds is 2. The smallest absolute Gasteiger partial charge is 0.336 e. The van der Waals surface area contributed by atoms with E-state index in [1.807, 2.05) is 30.5 Å². The van der Waals surface area contributed by atoms with Crippen molar-refractivity contribution in [2.45, 2.75) is 0 Å². The molecule has 1 aromatic heterocycles. The van der Waals surface area contributed by atoms with Crippen molar-refractivity contribution in [2.75, 3.05) is 0 Å². The molecule has 0 atom stereocenters. The van der Waals surface area contributed by atoms with Crippen molar-refractivity contribution in [3.8, 4) is 23.0 Å². The minimum atomic E-state index is -1.04. The van der Waals surface area contributed by atoms with Gasteiger partial charge in [0, 0.05) is 28.2 Å². The van der Waals surface area contributed by atoms with Crippen molar-refractivity contribution in [1.29, 1.82) is 0 Å². The number of H-pyrrole nitrogens is 1. The number of carboxylic acids is 1. The summed E-state index contributed by atoms with van der Waals surface area (Å²) >= 11 is 0. The largest absolute Gasteiger partial charge is 0.478 e. The number of nitrogens with one attached hydrogen (secondary N) is 1. The first-order valence-corrected chi connectivity index (χ1v) is 8.32. The lowest BCUT2D eigenvalue weighted by Crippen LogP contribution is -2.00. The molecule has 0 saturated heterocycles. The molecule has 0 amide bonds. The van der Waals surface area contributed by atoms with Crippen LogP contribution in [0.25, 0.3) is 22.0 Å². The summed E-state index contributed by atoms with van der Waals surface area (Å²) < 4.78 is 13.1. The minimum Gasteiger partial charge on any atom is -0.478 e. The Balaban J connectivity index is 1.77. The lowest BCUT2D eigenvalue weighted by atomic mass is 9.99. The molecule has 0 fully saturated rings. The number of carbonyl (C=O) groups is 1. The molecule has 0 saturated carbocycles. The Labute approximate surface area is 155 Å². The zero-order valence-corrected chi connectivity index (χ0v) is 14.2. The van der Waals surface area contributed by atoms with Crippen LogP contribution < -0.4 is 0 Å². The molecule has 27 heavy (non-hydrogen) atoms. The van der Waals surface area contributed by atoms with E-state index in [0.29, 0.717) is 5.56 Å². The first kappa shape index (κ1) is 16.6. The van der Waals surface area contributed by atoms with Gasteiger partial charge in [-0.25, -0.2) is 9.18 Å². The molecule has 4 aromatic rings. The SMILES string of the molecule is O=C(O)c1ccc(-c2ccc(F)cc2)cc1C#Cc1ccc2[nH]ccc2c1. The van der Waals surface area contributed by atoms with Crippen molar-refractivity contribution >= 4 is 16.9 Å². The maximum atomic E-state index is 13.1. The molecule has 0 bridgehead atoms. The number of fused-ring (bicyclic) bond motifs is 1. The molecule has 2 N–H and O–H groups in total. The second-order valence-electron chi connectivity index (χ2n) is 6.10. The number of aromatic amines is 1. The van der Waals surface area contributed by atoms with Gasteiger partial charge in [0.25, 0.3) is 0 Å². The van der Waals surface area contributed by atoms with Gasteiger partial charge in [0.2, 0.25) is 0 Å². The third kappa shape index (κ3) is 3.44. The number of benzene rings is 3. The fourth-order valence-corrected chi connectivity index (χ4v) is 2.93. The lowest BCUT2D eigenvalue weighted by molar-refractivity contribution is 0.0696. The van der Waals surface area contributed by atoms with E-state index < -0.39 is 5.97 Å². The van der Waals surface area contributed by atoms with Crippen LogP contribution in [-0.4, -0.2) is 16.1 Å². The second-order valence-corrected chi connectivity index (χ2v) is 6.10. The predicted molar refractivity (Wildman–Crippen MR) is 103 cm³/mol. The van der Waals surface area contributed by atoms with E-state index in [0.717, 1.165) is 27.6 Å². The number of hydrogen-bond acceptors (Lipinski definition) is 1. The van der Waals surface area contributed by atoms with Gasteiger partial charge in [0.1, 0.15) is 5.82 Å². The zero-order chi connectivity index (χ0) is 18.8. The van der Waals surface area contributed by atoms with Gasteiger partial charge in [-0.3, -0.25) is 0 Å². The lowest BCUT2D eigenvalue weighted by Gasteiger charge is -2.05. The topological polar surface area (TPSA) is 53.1 Å². The predicted octanol–water partition coefficient (Wildman–Crippen LogP) is 5.07. The van der Waals surface area contributed by atoms with E-state index in [-0.39, 0.29) is 11.4 Å². The first-order valence-electron chi connectivity index (χ1n) is 8.32. The van der Waals surface area contributed by atoms with Crippen LogP contribution >= 0.6 is 0 Å². The average molecular weight is 355 g/mol. The molecule has 0 aliphatic carbocycles. The summed E-state index contributed by atoms with van der Waals surface area (Å²) in [4.78, 5) is 14.7. The molecule has 130 valence electrons. The fraction of sp³-hybridized carbons (Fsp3) is 0. The van der Waals surface area contributed by atoms with Crippen molar-refractivity contribution in [3.05, 3.63) is 95.4 Å². The number of aromatic carboxylic acids is 1. The molecule has 3 aromatic carbocycles. The van der Waals surface area contributed by atoms with Crippen LogP contribution in [0.1, 0.15) is 21.5 Å². The van der Waals surface area contributed by atoms with Crippen molar-refractivity contribution in [2.24, 2.45) is 0 Å². The Morgan fingerprint density at radius 2 is 1.67 bits per heavy atom. The monoisotopic (exact) mass is 355 g/mol. The van der Waals surface area contributed by atoms with Crippen LogP contribution in [0.5, 0.6) is 0 Å².